The van der Waals surface area contributed by atoms with Gasteiger partial charge in [0.15, 0.2) is 0 Å². The van der Waals surface area contributed by atoms with Gasteiger partial charge in [0, 0.05) is 0 Å². The van der Waals surface area contributed by atoms with Crippen molar-refractivity contribution in [3.05, 3.63) is 12.2 Å². The van der Waals surface area contributed by atoms with Crippen LogP contribution in [0.25, 0.3) is 0 Å². The fraction of sp³-hybridized carbons (Fsp3) is 0.800. The third-order valence-corrected chi connectivity index (χ3v) is 3.20. The first kappa shape index (κ1) is 8.79. The number of allylic oxidation sites excluding steroid dienone is 1. The predicted molar refractivity (Wildman–Crippen MR) is 47.3 cm³/mol. The van der Waals surface area contributed by atoms with Crippen LogP contribution in [0.3, 0.4) is 0 Å². The number of hydrogen-bond donors (Lipinski definition) is 1. The van der Waals surface area contributed by atoms with E-state index in [0.717, 1.165) is 6.42 Å². The number of rotatable bonds is 1. The molecule has 1 N–H and O–H groups in total. The van der Waals surface area contributed by atoms with Crippen molar-refractivity contribution >= 4 is 0 Å². The summed E-state index contributed by atoms with van der Waals surface area (Å²) in [5.41, 5.74) is 1.22. The minimum absolute atomic E-state index is 0.105. The van der Waals surface area contributed by atoms with Gasteiger partial charge in [-0.3, -0.25) is 0 Å². The fourth-order valence-electron chi connectivity index (χ4n) is 2.06. The zero-order valence-corrected chi connectivity index (χ0v) is 7.67. The number of aliphatic hydroxyl groups excluding tert-OH is 1. The third kappa shape index (κ3) is 1.48. The Balaban J connectivity index is 2.67. The lowest BCUT2D eigenvalue weighted by molar-refractivity contribution is 0.130. The van der Waals surface area contributed by atoms with Gasteiger partial charge >= 0.3 is 0 Å². The van der Waals surface area contributed by atoms with Crippen LogP contribution >= 0.6 is 0 Å². The van der Waals surface area contributed by atoms with Crippen molar-refractivity contribution in [2.75, 3.05) is 0 Å². The molecule has 0 saturated heterocycles. The minimum Gasteiger partial charge on any atom is -0.393 e. The van der Waals surface area contributed by atoms with Crippen LogP contribution in [0.1, 0.15) is 27.2 Å². The molecule has 0 aromatic rings. The van der Waals surface area contributed by atoms with E-state index in [4.69, 9.17) is 0 Å². The maximum Gasteiger partial charge on any atom is 0.0574 e. The Morgan fingerprint density at radius 3 is 2.09 bits per heavy atom. The fourth-order valence-corrected chi connectivity index (χ4v) is 2.06. The molecule has 1 aliphatic rings. The van der Waals surface area contributed by atoms with E-state index >= 15 is 0 Å². The molecule has 4 atom stereocenters. The van der Waals surface area contributed by atoms with Crippen LogP contribution in [0.2, 0.25) is 0 Å². The summed E-state index contributed by atoms with van der Waals surface area (Å²) >= 11 is 0. The van der Waals surface area contributed by atoms with Gasteiger partial charge in [0.05, 0.1) is 6.10 Å². The molecule has 0 spiro atoms. The molecule has 1 aliphatic carbocycles. The second-order valence-electron chi connectivity index (χ2n) is 3.97. The largest absolute Gasteiger partial charge is 0.393 e. The Labute approximate surface area is 69.1 Å². The normalized spacial score (nSPS) is 44.4. The van der Waals surface area contributed by atoms with E-state index in [9.17, 15) is 5.11 Å². The average Bonchev–Trinajstić information content (AvgIpc) is 2.17. The van der Waals surface area contributed by atoms with Gasteiger partial charge in [-0.25, -0.2) is 0 Å². The van der Waals surface area contributed by atoms with E-state index in [-0.39, 0.29) is 6.10 Å². The van der Waals surface area contributed by atoms with Crippen LogP contribution < -0.4 is 0 Å². The predicted octanol–water partition coefficient (Wildman–Crippen LogP) is 2.22. The van der Waals surface area contributed by atoms with E-state index in [2.05, 4.69) is 27.4 Å². The highest BCUT2D eigenvalue weighted by Gasteiger charge is 2.36. The molecule has 0 amide bonds. The van der Waals surface area contributed by atoms with Gasteiger partial charge in [0.2, 0.25) is 0 Å². The molecule has 1 rings (SSSR count). The summed E-state index contributed by atoms with van der Waals surface area (Å²) in [5, 5.41) is 9.55. The van der Waals surface area contributed by atoms with Crippen molar-refractivity contribution in [2.24, 2.45) is 17.8 Å². The summed E-state index contributed by atoms with van der Waals surface area (Å²) in [4.78, 5) is 0. The van der Waals surface area contributed by atoms with Gasteiger partial charge in [0.1, 0.15) is 0 Å². The van der Waals surface area contributed by atoms with Gasteiger partial charge in [-0.2, -0.15) is 0 Å². The maximum atomic E-state index is 9.55. The Kier molecular flexibility index (Phi) is 2.38. The first-order valence-corrected chi connectivity index (χ1v) is 4.37. The molecule has 0 aliphatic heterocycles. The lowest BCUT2D eigenvalue weighted by Gasteiger charge is -2.17. The second-order valence-corrected chi connectivity index (χ2v) is 3.97. The molecule has 0 bridgehead atoms. The summed E-state index contributed by atoms with van der Waals surface area (Å²) in [6.45, 7) is 10.3. The van der Waals surface area contributed by atoms with Crippen LogP contribution in [0, 0.1) is 17.8 Å². The Morgan fingerprint density at radius 1 is 1.36 bits per heavy atom. The first-order valence-electron chi connectivity index (χ1n) is 4.37. The van der Waals surface area contributed by atoms with E-state index in [1.807, 2.05) is 0 Å². The SMILES string of the molecule is C=C(C)[C@H]1C[C@@H](O)[C@H](C)[C@H]1C. The zero-order chi connectivity index (χ0) is 8.59. The van der Waals surface area contributed by atoms with E-state index < -0.39 is 0 Å². The van der Waals surface area contributed by atoms with Crippen molar-refractivity contribution in [2.45, 2.75) is 33.3 Å². The molecule has 1 heteroatoms. The molecular formula is C10H18O. The van der Waals surface area contributed by atoms with Crippen molar-refractivity contribution in [3.63, 3.8) is 0 Å². The molecule has 0 aromatic heterocycles. The maximum absolute atomic E-state index is 9.55. The summed E-state index contributed by atoms with van der Waals surface area (Å²) < 4.78 is 0. The monoisotopic (exact) mass is 154 g/mol. The Morgan fingerprint density at radius 2 is 1.91 bits per heavy atom. The van der Waals surface area contributed by atoms with E-state index in [0.29, 0.717) is 17.8 Å². The highest BCUT2D eigenvalue weighted by atomic mass is 16.3. The lowest BCUT2D eigenvalue weighted by Crippen LogP contribution is -2.13. The van der Waals surface area contributed by atoms with Crippen LogP contribution in [0.15, 0.2) is 12.2 Å². The van der Waals surface area contributed by atoms with Gasteiger partial charge in [-0.1, -0.05) is 26.0 Å². The zero-order valence-electron chi connectivity index (χ0n) is 7.67. The van der Waals surface area contributed by atoms with E-state index in [1.54, 1.807) is 0 Å². The van der Waals surface area contributed by atoms with Crippen LogP contribution in [0.5, 0.6) is 0 Å². The van der Waals surface area contributed by atoms with Crippen LogP contribution in [-0.2, 0) is 0 Å². The molecule has 1 fully saturated rings. The van der Waals surface area contributed by atoms with Crippen molar-refractivity contribution in [1.82, 2.24) is 0 Å². The van der Waals surface area contributed by atoms with Crippen LogP contribution in [0.4, 0.5) is 0 Å². The topological polar surface area (TPSA) is 20.2 Å². The second kappa shape index (κ2) is 2.98. The average molecular weight is 154 g/mol. The van der Waals surface area contributed by atoms with Gasteiger partial charge < -0.3 is 5.11 Å². The van der Waals surface area contributed by atoms with E-state index in [1.165, 1.54) is 5.57 Å². The molecule has 1 nitrogen and oxygen atoms in total. The first-order chi connectivity index (χ1) is 5.04. The smallest absolute Gasteiger partial charge is 0.0574 e. The van der Waals surface area contributed by atoms with Crippen molar-refractivity contribution in [3.8, 4) is 0 Å². The number of aliphatic hydroxyl groups is 1. The van der Waals surface area contributed by atoms with Crippen molar-refractivity contribution in [1.29, 1.82) is 0 Å². The summed E-state index contributed by atoms with van der Waals surface area (Å²) in [6.07, 6.45) is 0.809. The van der Waals surface area contributed by atoms with Gasteiger partial charge in [-0.05, 0) is 31.1 Å². The molecule has 64 valence electrons. The molecular weight excluding hydrogens is 136 g/mol. The standard InChI is InChI=1S/C10H18O/c1-6(2)9-5-10(11)8(4)7(9)3/h7-11H,1,5H2,2-4H3/t7-,8-,9-,10-/m1/s1. The highest BCUT2D eigenvalue weighted by Crippen LogP contribution is 2.39. The number of hydrogen-bond acceptors (Lipinski definition) is 1. The molecule has 0 radical (unpaired) electrons. The third-order valence-electron chi connectivity index (χ3n) is 3.20. The van der Waals surface area contributed by atoms with Gasteiger partial charge in [0.25, 0.3) is 0 Å². The van der Waals surface area contributed by atoms with Crippen LogP contribution in [-0.4, -0.2) is 11.2 Å². The Hall–Kier alpha value is -0.300. The molecule has 11 heavy (non-hydrogen) atoms. The lowest BCUT2D eigenvalue weighted by atomic mass is 9.88. The minimum atomic E-state index is -0.105. The van der Waals surface area contributed by atoms with Crippen molar-refractivity contribution < 1.29 is 5.11 Å². The van der Waals surface area contributed by atoms with Gasteiger partial charge in [-0.15, -0.1) is 0 Å². The quantitative estimate of drug-likeness (QED) is 0.574. The summed E-state index contributed by atoms with van der Waals surface area (Å²) in [5.74, 6) is 1.58. The highest BCUT2D eigenvalue weighted by molar-refractivity contribution is 5.04. The Bertz CT molecular complexity index is 162. The molecule has 1 saturated carbocycles. The summed E-state index contributed by atoms with van der Waals surface area (Å²) in [6, 6.07) is 0. The molecule has 0 heterocycles. The summed E-state index contributed by atoms with van der Waals surface area (Å²) in [7, 11) is 0. The molecule has 0 aromatic carbocycles. The molecule has 0 unspecified atom stereocenters.